The summed E-state index contributed by atoms with van der Waals surface area (Å²) in [7, 11) is 5.11. The van der Waals surface area contributed by atoms with Gasteiger partial charge in [-0.3, -0.25) is 9.69 Å². The molecule has 1 aliphatic rings. The number of carbonyl (C=O) groups is 1. The Morgan fingerprint density at radius 3 is 2.34 bits per heavy atom. The van der Waals surface area contributed by atoms with Crippen LogP contribution in [0.15, 0.2) is 42.5 Å². The Morgan fingerprint density at radius 1 is 1.07 bits per heavy atom. The van der Waals surface area contributed by atoms with Crippen LogP contribution in [0.1, 0.15) is 37.2 Å². The number of likely N-dealkylation sites (N-methyl/N-ethyl adjacent to an activating group) is 1. The maximum absolute atomic E-state index is 12.6. The average molecular weight is 417 g/mol. The standard InChI is InChI=1S/C23H29ClN2O3/c1-26(18-11-9-17(10-12-18)16-7-5-4-6-8-16)15-23(27)25-20-13-19(24)21(28-2)14-22(20)29-3/h4-8,13-14,17-18H,9-12,15H2,1-3H3,(H,25,27). The first-order chi connectivity index (χ1) is 14.0. The van der Waals surface area contributed by atoms with E-state index in [1.807, 2.05) is 7.05 Å². The van der Waals surface area contributed by atoms with Crippen LogP contribution in [-0.2, 0) is 4.79 Å². The van der Waals surface area contributed by atoms with Crippen molar-refractivity contribution in [3.63, 3.8) is 0 Å². The largest absolute Gasteiger partial charge is 0.495 e. The number of anilines is 1. The van der Waals surface area contributed by atoms with E-state index in [0.29, 0.717) is 40.7 Å². The summed E-state index contributed by atoms with van der Waals surface area (Å²) >= 11 is 6.19. The molecule has 1 N–H and O–H groups in total. The van der Waals surface area contributed by atoms with Crippen LogP contribution in [0.3, 0.4) is 0 Å². The molecule has 0 bridgehead atoms. The van der Waals surface area contributed by atoms with Gasteiger partial charge in [0, 0.05) is 12.1 Å². The van der Waals surface area contributed by atoms with Gasteiger partial charge in [0.1, 0.15) is 11.5 Å². The maximum Gasteiger partial charge on any atom is 0.238 e. The van der Waals surface area contributed by atoms with E-state index in [0.717, 1.165) is 25.7 Å². The third kappa shape index (κ3) is 5.43. The molecule has 1 amide bonds. The predicted octanol–water partition coefficient (Wildman–Crippen LogP) is 4.95. The number of nitrogens with one attached hydrogen (secondary N) is 1. The highest BCUT2D eigenvalue weighted by molar-refractivity contribution is 6.32. The van der Waals surface area contributed by atoms with Crippen LogP contribution >= 0.6 is 11.6 Å². The van der Waals surface area contributed by atoms with E-state index in [9.17, 15) is 4.79 Å². The van der Waals surface area contributed by atoms with E-state index in [2.05, 4.69) is 40.5 Å². The molecule has 2 aromatic rings. The van der Waals surface area contributed by atoms with E-state index < -0.39 is 0 Å². The third-order valence-electron chi connectivity index (χ3n) is 5.73. The molecule has 6 heteroatoms. The van der Waals surface area contributed by atoms with Crippen LogP contribution in [0.2, 0.25) is 5.02 Å². The molecule has 0 unspecified atom stereocenters. The predicted molar refractivity (Wildman–Crippen MR) is 117 cm³/mol. The van der Waals surface area contributed by atoms with Crippen LogP contribution in [0.25, 0.3) is 0 Å². The Hall–Kier alpha value is -2.24. The Bertz CT molecular complexity index is 820. The number of rotatable bonds is 7. The first kappa shape index (κ1) is 21.5. The number of benzene rings is 2. The smallest absolute Gasteiger partial charge is 0.238 e. The van der Waals surface area contributed by atoms with E-state index >= 15 is 0 Å². The highest BCUT2D eigenvalue weighted by Gasteiger charge is 2.26. The van der Waals surface area contributed by atoms with E-state index in [1.165, 1.54) is 5.56 Å². The minimum absolute atomic E-state index is 0.0859. The molecule has 1 saturated carbocycles. The van der Waals surface area contributed by atoms with Gasteiger partial charge in [0.25, 0.3) is 0 Å². The maximum atomic E-state index is 12.6. The molecular weight excluding hydrogens is 388 g/mol. The zero-order chi connectivity index (χ0) is 20.8. The number of nitrogens with zero attached hydrogens (tertiary/aromatic N) is 1. The Balaban J connectivity index is 1.54. The molecule has 0 aliphatic heterocycles. The number of carbonyl (C=O) groups excluding carboxylic acids is 1. The Kier molecular flexibility index (Phi) is 7.40. The van der Waals surface area contributed by atoms with Gasteiger partial charge in [0.05, 0.1) is 31.5 Å². The molecular formula is C23H29ClN2O3. The molecule has 156 valence electrons. The van der Waals surface area contributed by atoms with Gasteiger partial charge in [-0.1, -0.05) is 41.9 Å². The molecule has 0 spiro atoms. The summed E-state index contributed by atoms with van der Waals surface area (Å²) in [6.45, 7) is 0.327. The average Bonchev–Trinajstić information content (AvgIpc) is 2.74. The molecule has 1 fully saturated rings. The molecule has 29 heavy (non-hydrogen) atoms. The molecule has 5 nitrogen and oxygen atoms in total. The second-order valence-electron chi connectivity index (χ2n) is 7.57. The van der Waals surface area contributed by atoms with Crippen molar-refractivity contribution in [2.75, 3.05) is 33.1 Å². The molecule has 2 aromatic carbocycles. The van der Waals surface area contributed by atoms with Crippen molar-refractivity contribution in [2.24, 2.45) is 0 Å². The van der Waals surface area contributed by atoms with Gasteiger partial charge in [0.15, 0.2) is 0 Å². The van der Waals surface area contributed by atoms with Gasteiger partial charge in [-0.25, -0.2) is 0 Å². The minimum Gasteiger partial charge on any atom is -0.495 e. The summed E-state index contributed by atoms with van der Waals surface area (Å²) in [5.74, 6) is 1.57. The SMILES string of the molecule is COc1cc(OC)c(NC(=O)CN(C)C2CCC(c3ccccc3)CC2)cc1Cl. The first-order valence-electron chi connectivity index (χ1n) is 9.98. The first-order valence-corrected chi connectivity index (χ1v) is 10.4. The lowest BCUT2D eigenvalue weighted by Gasteiger charge is -2.34. The van der Waals surface area contributed by atoms with Gasteiger partial charge >= 0.3 is 0 Å². The fraction of sp³-hybridized carbons (Fsp3) is 0.435. The highest BCUT2D eigenvalue weighted by Crippen LogP contribution is 2.36. The lowest BCUT2D eigenvalue weighted by atomic mass is 9.81. The van der Waals surface area contributed by atoms with Crippen LogP contribution in [0.4, 0.5) is 5.69 Å². The number of hydrogen-bond acceptors (Lipinski definition) is 4. The van der Waals surface area contributed by atoms with E-state index in [4.69, 9.17) is 21.1 Å². The van der Waals surface area contributed by atoms with E-state index in [-0.39, 0.29) is 5.91 Å². The number of hydrogen-bond donors (Lipinski definition) is 1. The molecule has 1 aliphatic carbocycles. The molecule has 0 saturated heterocycles. The summed E-state index contributed by atoms with van der Waals surface area (Å²) in [5, 5.41) is 3.34. The van der Waals surface area contributed by atoms with Crippen LogP contribution in [0.5, 0.6) is 11.5 Å². The van der Waals surface area contributed by atoms with Gasteiger partial charge in [-0.2, -0.15) is 0 Å². The Labute approximate surface area is 177 Å². The van der Waals surface area contributed by atoms with Gasteiger partial charge in [-0.05, 0) is 50.3 Å². The van der Waals surface area contributed by atoms with Crippen molar-refractivity contribution < 1.29 is 14.3 Å². The van der Waals surface area contributed by atoms with Gasteiger partial charge < -0.3 is 14.8 Å². The van der Waals surface area contributed by atoms with Crippen LogP contribution in [0, 0.1) is 0 Å². The topological polar surface area (TPSA) is 50.8 Å². The van der Waals surface area contributed by atoms with Crippen molar-refractivity contribution >= 4 is 23.2 Å². The lowest BCUT2D eigenvalue weighted by Crippen LogP contribution is -2.39. The zero-order valence-electron chi connectivity index (χ0n) is 17.3. The fourth-order valence-electron chi connectivity index (χ4n) is 4.08. The monoisotopic (exact) mass is 416 g/mol. The van der Waals surface area contributed by atoms with Crippen molar-refractivity contribution in [1.29, 1.82) is 0 Å². The summed E-state index contributed by atoms with van der Waals surface area (Å²) in [4.78, 5) is 14.7. The molecule has 0 heterocycles. The molecule has 0 radical (unpaired) electrons. The van der Waals surface area contributed by atoms with Crippen molar-refractivity contribution in [3.8, 4) is 11.5 Å². The fourth-order valence-corrected chi connectivity index (χ4v) is 4.32. The number of halogens is 1. The summed E-state index contributed by atoms with van der Waals surface area (Å²) < 4.78 is 10.6. The van der Waals surface area contributed by atoms with Crippen molar-refractivity contribution in [1.82, 2.24) is 4.90 Å². The minimum atomic E-state index is -0.0859. The van der Waals surface area contributed by atoms with Crippen LogP contribution < -0.4 is 14.8 Å². The number of amides is 1. The van der Waals surface area contributed by atoms with Crippen molar-refractivity contribution in [2.45, 2.75) is 37.6 Å². The normalized spacial score (nSPS) is 19.1. The number of ether oxygens (including phenoxy) is 2. The third-order valence-corrected chi connectivity index (χ3v) is 6.03. The van der Waals surface area contributed by atoms with Gasteiger partial charge in [0.2, 0.25) is 5.91 Å². The number of methoxy groups -OCH3 is 2. The van der Waals surface area contributed by atoms with Crippen molar-refractivity contribution in [3.05, 3.63) is 53.1 Å². The highest BCUT2D eigenvalue weighted by atomic mass is 35.5. The summed E-state index contributed by atoms with van der Waals surface area (Å²) in [6, 6.07) is 14.5. The zero-order valence-corrected chi connectivity index (χ0v) is 18.0. The lowest BCUT2D eigenvalue weighted by molar-refractivity contribution is -0.117. The second kappa shape index (κ2) is 9.99. The molecule has 0 atom stereocenters. The second-order valence-corrected chi connectivity index (χ2v) is 7.97. The van der Waals surface area contributed by atoms with E-state index in [1.54, 1.807) is 26.4 Å². The molecule has 0 aromatic heterocycles. The Morgan fingerprint density at radius 2 is 1.72 bits per heavy atom. The molecule has 3 rings (SSSR count). The van der Waals surface area contributed by atoms with Gasteiger partial charge in [-0.15, -0.1) is 0 Å². The quantitative estimate of drug-likeness (QED) is 0.693. The summed E-state index contributed by atoms with van der Waals surface area (Å²) in [6.07, 6.45) is 4.51. The van der Waals surface area contributed by atoms with Crippen LogP contribution in [-0.4, -0.2) is 44.7 Å². The summed E-state index contributed by atoms with van der Waals surface area (Å²) in [5.41, 5.74) is 1.97.